The summed E-state index contributed by atoms with van der Waals surface area (Å²) in [5, 5.41) is 0. The zero-order valence-corrected chi connectivity index (χ0v) is 41.8. The third kappa shape index (κ3) is 10.7. The van der Waals surface area contributed by atoms with E-state index in [1.54, 1.807) is 33.4 Å². The molecule has 0 bridgehead atoms. The van der Waals surface area contributed by atoms with Gasteiger partial charge in [-0.1, -0.05) is 146 Å². The van der Waals surface area contributed by atoms with Crippen LogP contribution in [0.1, 0.15) is 200 Å². The van der Waals surface area contributed by atoms with Gasteiger partial charge in [-0.3, -0.25) is 0 Å². The van der Waals surface area contributed by atoms with Crippen molar-refractivity contribution in [2.75, 3.05) is 0 Å². The van der Waals surface area contributed by atoms with Gasteiger partial charge < -0.3 is 14.9 Å². The summed E-state index contributed by atoms with van der Waals surface area (Å²) in [5.41, 5.74) is 10.3. The number of rotatable bonds is 4. The molecule has 0 spiro atoms. The van der Waals surface area contributed by atoms with Gasteiger partial charge in [0.2, 0.25) is 0 Å². The van der Waals surface area contributed by atoms with Crippen LogP contribution >= 0.6 is 17.0 Å². The van der Waals surface area contributed by atoms with Gasteiger partial charge in [0.05, 0.1) is 0 Å². The Labute approximate surface area is 355 Å². The topological polar surface area (TPSA) is 0 Å². The van der Waals surface area contributed by atoms with Gasteiger partial charge in [0.15, 0.2) is 0 Å². The van der Waals surface area contributed by atoms with Crippen molar-refractivity contribution < 1.29 is 20.8 Å². The molecule has 3 heteroatoms. The molecule has 0 nitrogen and oxygen atoms in total. The van der Waals surface area contributed by atoms with Crippen LogP contribution in [0.4, 0.5) is 0 Å². The Morgan fingerprint density at radius 3 is 1.02 bits per heavy atom. The fourth-order valence-corrected chi connectivity index (χ4v) is 11.8. The molecule has 4 fully saturated rings. The minimum absolute atomic E-state index is 0. The first-order valence-electron chi connectivity index (χ1n) is 21.3. The fourth-order valence-electron chi connectivity index (χ4n) is 11.8. The van der Waals surface area contributed by atoms with Crippen molar-refractivity contribution in [1.82, 2.24) is 0 Å². The molecule has 4 saturated carbocycles. The molecule has 6 rings (SSSR count). The van der Waals surface area contributed by atoms with Gasteiger partial charge in [0.25, 0.3) is 0 Å². The first-order chi connectivity index (χ1) is 24.0. The van der Waals surface area contributed by atoms with Crippen molar-refractivity contribution in [3.63, 3.8) is 0 Å². The standard InChI is InChI=1S/C49H76.2CH3.2ClH.Zr/c1-30-21-44-38(32-23-34(46(3,4)5)27-35(24-32)47(6,7)8)17-15-19-40(44)42(30)29-43-31(2)22-45-39(18-16-20-41(43)45)33-25-36(48(9,10)11)28-37(26-33)49(12,13)14;;;;;/h23-28,30-31,38-45H,15-22,29H2,1-14H3;2*1H3;2*1H;/q;2*-1;;;+4/p-2. The predicted octanol–water partition coefficient (Wildman–Crippen LogP) is 16.6. The molecule has 10 atom stereocenters. The van der Waals surface area contributed by atoms with Crippen LogP contribution in [0, 0.1) is 62.2 Å². The maximum absolute atomic E-state index is 4.93. The van der Waals surface area contributed by atoms with Gasteiger partial charge in [-0.25, -0.2) is 0 Å². The molecule has 0 saturated heterocycles. The van der Waals surface area contributed by atoms with Crippen molar-refractivity contribution in [2.24, 2.45) is 47.3 Å². The Balaban J connectivity index is 0.00000152. The number of benzene rings is 2. The summed E-state index contributed by atoms with van der Waals surface area (Å²) in [7, 11) is 9.87. The molecule has 0 aromatic heterocycles. The number of hydrogen-bond acceptors (Lipinski definition) is 0. The predicted molar refractivity (Wildman–Crippen MR) is 239 cm³/mol. The Bertz CT molecular complexity index is 1320. The normalized spacial score (nSPS) is 31.2. The van der Waals surface area contributed by atoms with Crippen molar-refractivity contribution in [2.45, 2.75) is 188 Å². The molecule has 0 amide bonds. The van der Waals surface area contributed by atoms with Gasteiger partial charge >= 0.3 is 37.9 Å². The third-order valence-corrected chi connectivity index (χ3v) is 14.9. The van der Waals surface area contributed by atoms with Gasteiger partial charge in [-0.15, -0.1) is 0 Å². The molecule has 0 N–H and O–H groups in total. The molecule has 304 valence electrons. The zero-order chi connectivity index (χ0) is 38.6. The molecule has 10 unspecified atom stereocenters. The summed E-state index contributed by atoms with van der Waals surface area (Å²) >= 11 is -0.826. The molecule has 2 aromatic carbocycles. The van der Waals surface area contributed by atoms with Crippen LogP contribution in [0.25, 0.3) is 0 Å². The van der Waals surface area contributed by atoms with Gasteiger partial charge in [0, 0.05) is 0 Å². The molecule has 54 heavy (non-hydrogen) atoms. The number of halogens is 2. The summed E-state index contributed by atoms with van der Waals surface area (Å²) in [6.45, 7) is 34.2. The second-order valence-corrected chi connectivity index (χ2v) is 26.2. The Kier molecular flexibility index (Phi) is 16.5. The summed E-state index contributed by atoms with van der Waals surface area (Å²) in [4.78, 5) is 0. The first kappa shape index (κ1) is 48.3. The molecular formula is C51H82Cl2Zr. The van der Waals surface area contributed by atoms with Crippen molar-refractivity contribution in [1.29, 1.82) is 0 Å². The van der Waals surface area contributed by atoms with E-state index in [1.165, 1.54) is 57.8 Å². The van der Waals surface area contributed by atoms with E-state index in [1.807, 2.05) is 0 Å². The van der Waals surface area contributed by atoms with E-state index in [2.05, 4.69) is 133 Å². The quantitative estimate of drug-likeness (QED) is 0.269. The monoisotopic (exact) mass is 854 g/mol. The van der Waals surface area contributed by atoms with Gasteiger partial charge in [0.1, 0.15) is 0 Å². The zero-order valence-electron chi connectivity index (χ0n) is 37.9. The first-order valence-corrected chi connectivity index (χ1v) is 27.7. The van der Waals surface area contributed by atoms with Gasteiger partial charge in [-0.05, 0) is 159 Å². The fraction of sp³-hybridized carbons (Fsp3) is 0.725. The second kappa shape index (κ2) is 18.4. The van der Waals surface area contributed by atoms with Crippen LogP contribution in [-0.2, 0) is 42.5 Å². The second-order valence-electron chi connectivity index (χ2n) is 22.5. The average molecular weight is 857 g/mol. The van der Waals surface area contributed by atoms with Crippen molar-refractivity contribution in [3.05, 3.63) is 84.6 Å². The van der Waals surface area contributed by atoms with Crippen LogP contribution in [-0.4, -0.2) is 0 Å². The van der Waals surface area contributed by atoms with Crippen LogP contribution in [0.3, 0.4) is 0 Å². The average Bonchev–Trinajstić information content (AvgIpc) is 3.54. The van der Waals surface area contributed by atoms with Crippen LogP contribution in [0.15, 0.2) is 36.4 Å². The van der Waals surface area contributed by atoms with E-state index in [0.29, 0.717) is 0 Å². The molecular weight excluding hydrogens is 775 g/mol. The Hall–Kier alpha value is -0.0969. The van der Waals surface area contributed by atoms with Crippen molar-refractivity contribution >= 4 is 17.0 Å². The number of fused-ring (bicyclic) bond motifs is 2. The SMILES string of the molecule is CC1CC2C(c3cc(C(C)(C)C)cc(C(C)(C)C)c3)CCCC2C1CC1C(C)CC2C(c3cc(C(C)(C)C)cc(C(C)(C)C)c3)CCCC12.[CH3-].[CH3-].[Cl][Zr+2][Cl]. The third-order valence-electron chi connectivity index (χ3n) is 14.9. The summed E-state index contributed by atoms with van der Waals surface area (Å²) < 4.78 is 0. The van der Waals surface area contributed by atoms with Crippen molar-refractivity contribution in [3.8, 4) is 0 Å². The molecule has 4 aliphatic rings. The van der Waals surface area contributed by atoms with Crippen LogP contribution in [0.5, 0.6) is 0 Å². The van der Waals surface area contributed by atoms with Gasteiger partial charge in [-0.2, -0.15) is 0 Å². The van der Waals surface area contributed by atoms with E-state index in [4.69, 9.17) is 17.0 Å². The maximum atomic E-state index is 4.93. The van der Waals surface area contributed by atoms with E-state index in [9.17, 15) is 0 Å². The molecule has 0 aliphatic heterocycles. The van der Waals surface area contributed by atoms with E-state index >= 15 is 0 Å². The minimum atomic E-state index is -0.826. The summed E-state index contributed by atoms with van der Waals surface area (Å²) in [6, 6.07) is 15.6. The molecule has 2 aromatic rings. The summed E-state index contributed by atoms with van der Waals surface area (Å²) in [6.07, 6.45) is 13.0. The van der Waals surface area contributed by atoms with E-state index in [-0.39, 0.29) is 36.5 Å². The van der Waals surface area contributed by atoms with E-state index in [0.717, 1.165) is 59.2 Å². The van der Waals surface area contributed by atoms with E-state index < -0.39 is 20.8 Å². The Morgan fingerprint density at radius 2 is 0.759 bits per heavy atom. The Morgan fingerprint density at radius 1 is 0.481 bits per heavy atom. The molecule has 0 radical (unpaired) electrons. The molecule has 4 aliphatic carbocycles. The number of hydrogen-bond donors (Lipinski definition) is 0. The van der Waals surface area contributed by atoms with Crippen LogP contribution < -0.4 is 0 Å². The summed E-state index contributed by atoms with van der Waals surface area (Å²) in [5.74, 6) is 8.66. The van der Waals surface area contributed by atoms with Crippen LogP contribution in [0.2, 0.25) is 0 Å². The molecule has 0 heterocycles.